The van der Waals surface area contributed by atoms with Crippen LogP contribution in [0.4, 0.5) is 11.9 Å². The number of nitrogens with one attached hydrogen (secondary N) is 2. The molecule has 0 amide bonds. The molecular formula is C26H41N5O2Si. The van der Waals surface area contributed by atoms with Crippen molar-refractivity contribution in [1.29, 1.82) is 0 Å². The van der Waals surface area contributed by atoms with E-state index in [0.717, 1.165) is 19.3 Å². The van der Waals surface area contributed by atoms with Crippen molar-refractivity contribution in [3.05, 3.63) is 41.7 Å². The van der Waals surface area contributed by atoms with E-state index in [1.807, 2.05) is 0 Å². The lowest BCUT2D eigenvalue weighted by Crippen LogP contribution is -2.45. The number of aromatic nitrogens is 3. The van der Waals surface area contributed by atoms with Gasteiger partial charge in [0.25, 0.3) is 0 Å². The highest BCUT2D eigenvalue weighted by atomic mass is 28.4. The van der Waals surface area contributed by atoms with Crippen LogP contribution < -0.4 is 10.6 Å². The fourth-order valence-electron chi connectivity index (χ4n) is 5.15. The summed E-state index contributed by atoms with van der Waals surface area (Å²) in [7, 11) is -1.91. The Hall–Kier alpha value is -2.03. The predicted octanol–water partition coefficient (Wildman–Crippen LogP) is 5.28. The SMILES string of the molecule is CC1(C)C[C@H](Nc2ncnc(N[C@@H]3C[C@@H](CO)[C@H](O[Si](C)(C)C(C)(C)C)C3)n2)c2ccccc21. The molecule has 4 atom stereocenters. The zero-order valence-corrected chi connectivity index (χ0v) is 22.7. The number of aliphatic hydroxyl groups excluding tert-OH is 1. The minimum absolute atomic E-state index is 0.0556. The maximum Gasteiger partial charge on any atom is 0.227 e. The van der Waals surface area contributed by atoms with Gasteiger partial charge in [0.1, 0.15) is 6.33 Å². The van der Waals surface area contributed by atoms with Crippen molar-refractivity contribution in [2.24, 2.45) is 5.92 Å². The molecule has 0 spiro atoms. The van der Waals surface area contributed by atoms with Crippen molar-refractivity contribution in [2.75, 3.05) is 17.2 Å². The Labute approximate surface area is 205 Å². The normalized spacial score (nSPS) is 26.4. The lowest BCUT2D eigenvalue weighted by molar-refractivity contribution is 0.0980. The second kappa shape index (κ2) is 9.20. The molecule has 0 saturated heterocycles. The van der Waals surface area contributed by atoms with Crippen LogP contribution in [0.5, 0.6) is 0 Å². The number of benzene rings is 1. The number of hydrogen-bond acceptors (Lipinski definition) is 7. The fraction of sp³-hybridized carbons (Fsp3) is 0.654. The quantitative estimate of drug-likeness (QED) is 0.461. The number of rotatable bonds is 7. The van der Waals surface area contributed by atoms with Crippen LogP contribution in [-0.2, 0) is 9.84 Å². The molecule has 8 heteroatoms. The number of aliphatic hydroxyl groups is 1. The van der Waals surface area contributed by atoms with E-state index in [4.69, 9.17) is 4.43 Å². The average molecular weight is 484 g/mol. The highest BCUT2D eigenvalue weighted by Gasteiger charge is 2.44. The molecule has 0 bridgehead atoms. The molecule has 3 N–H and O–H groups in total. The lowest BCUT2D eigenvalue weighted by atomic mass is 9.86. The fourth-order valence-corrected chi connectivity index (χ4v) is 6.54. The number of hydrogen-bond donors (Lipinski definition) is 3. The van der Waals surface area contributed by atoms with Crippen LogP contribution >= 0.6 is 0 Å². The third-order valence-corrected chi connectivity index (χ3v) is 12.6. The van der Waals surface area contributed by atoms with E-state index >= 15 is 0 Å². The first-order valence-corrected chi connectivity index (χ1v) is 15.4. The van der Waals surface area contributed by atoms with Crippen molar-refractivity contribution in [3.8, 4) is 0 Å². The molecule has 0 unspecified atom stereocenters. The van der Waals surface area contributed by atoms with Gasteiger partial charge in [0.2, 0.25) is 11.9 Å². The van der Waals surface area contributed by atoms with Crippen LogP contribution in [0.25, 0.3) is 0 Å². The summed E-state index contributed by atoms with van der Waals surface area (Å²) in [6.45, 7) is 16.0. The van der Waals surface area contributed by atoms with Gasteiger partial charge in [-0.05, 0) is 53.9 Å². The zero-order chi connectivity index (χ0) is 24.7. The van der Waals surface area contributed by atoms with E-state index in [1.54, 1.807) is 6.33 Å². The molecule has 2 aliphatic carbocycles. The highest BCUT2D eigenvalue weighted by molar-refractivity contribution is 6.74. The van der Waals surface area contributed by atoms with Crippen molar-refractivity contribution in [2.45, 2.75) is 95.6 Å². The van der Waals surface area contributed by atoms with E-state index in [1.165, 1.54) is 11.1 Å². The van der Waals surface area contributed by atoms with Crippen molar-refractivity contribution in [3.63, 3.8) is 0 Å². The van der Waals surface area contributed by atoms with Crippen molar-refractivity contribution >= 4 is 20.2 Å². The van der Waals surface area contributed by atoms with Crippen LogP contribution in [0.1, 0.15) is 71.0 Å². The van der Waals surface area contributed by atoms with E-state index in [9.17, 15) is 5.11 Å². The first-order chi connectivity index (χ1) is 15.9. The first kappa shape index (κ1) is 25.1. The molecule has 0 radical (unpaired) electrons. The van der Waals surface area contributed by atoms with Gasteiger partial charge < -0.3 is 20.2 Å². The molecule has 2 aliphatic rings. The van der Waals surface area contributed by atoms with E-state index in [-0.39, 0.29) is 41.2 Å². The van der Waals surface area contributed by atoms with Gasteiger partial charge in [-0.1, -0.05) is 58.9 Å². The molecular weight excluding hydrogens is 442 g/mol. The monoisotopic (exact) mass is 483 g/mol. The lowest BCUT2D eigenvalue weighted by Gasteiger charge is -2.39. The molecule has 2 aromatic rings. The van der Waals surface area contributed by atoms with Crippen LogP contribution in [-0.4, -0.2) is 47.1 Å². The minimum Gasteiger partial charge on any atom is -0.413 e. The molecule has 1 heterocycles. The van der Waals surface area contributed by atoms with Crippen molar-refractivity contribution < 1.29 is 9.53 Å². The summed E-state index contributed by atoms with van der Waals surface area (Å²) in [5.41, 5.74) is 2.81. The van der Waals surface area contributed by atoms with E-state index < -0.39 is 8.32 Å². The Morgan fingerprint density at radius 3 is 2.44 bits per heavy atom. The number of anilines is 2. The van der Waals surface area contributed by atoms with Gasteiger partial charge in [0, 0.05) is 18.6 Å². The summed E-state index contributed by atoms with van der Waals surface area (Å²) in [4.78, 5) is 13.4. The molecule has 1 saturated carbocycles. The first-order valence-electron chi connectivity index (χ1n) is 12.5. The molecule has 1 fully saturated rings. The average Bonchev–Trinajstić information content (AvgIpc) is 3.24. The van der Waals surface area contributed by atoms with E-state index in [0.29, 0.717) is 11.9 Å². The van der Waals surface area contributed by atoms with Gasteiger partial charge in [-0.2, -0.15) is 4.98 Å². The van der Waals surface area contributed by atoms with Gasteiger partial charge in [-0.15, -0.1) is 0 Å². The zero-order valence-electron chi connectivity index (χ0n) is 21.7. The summed E-state index contributed by atoms with van der Waals surface area (Å²) in [5.74, 6) is 1.28. The van der Waals surface area contributed by atoms with Gasteiger partial charge in [-0.25, -0.2) is 9.97 Å². The Morgan fingerprint density at radius 1 is 1.09 bits per heavy atom. The molecule has 1 aromatic carbocycles. The van der Waals surface area contributed by atoms with Crippen LogP contribution in [0.15, 0.2) is 30.6 Å². The Bertz CT molecular complexity index is 1010. The standard InChI is InChI=1S/C26H41N5O2Si/c1-25(2,3)34(6,7)33-22-13-18(12-17(22)15-32)29-23-27-16-28-24(31-23)30-21-14-26(4,5)20-11-9-8-10-19(20)21/h8-11,16-18,21-22,32H,12-15H2,1-7H3,(H2,27,28,29,30,31)/t17-,18+,21-,22+/m0/s1. The van der Waals surface area contributed by atoms with Gasteiger partial charge in [0.15, 0.2) is 8.32 Å². The maximum atomic E-state index is 10.0. The van der Waals surface area contributed by atoms with Gasteiger partial charge in [-0.3, -0.25) is 0 Å². The minimum atomic E-state index is -1.91. The molecule has 34 heavy (non-hydrogen) atoms. The smallest absolute Gasteiger partial charge is 0.227 e. The van der Waals surface area contributed by atoms with Crippen molar-refractivity contribution in [1.82, 2.24) is 15.0 Å². The molecule has 7 nitrogen and oxygen atoms in total. The van der Waals surface area contributed by atoms with Gasteiger partial charge >= 0.3 is 0 Å². The number of nitrogens with zero attached hydrogens (tertiary/aromatic N) is 3. The summed E-state index contributed by atoms with van der Waals surface area (Å²) in [6, 6.07) is 8.95. The third kappa shape index (κ3) is 5.14. The van der Waals surface area contributed by atoms with Gasteiger partial charge in [0.05, 0.1) is 12.1 Å². The molecule has 4 rings (SSSR count). The van der Waals surface area contributed by atoms with E-state index in [2.05, 4.69) is 97.6 Å². The molecule has 0 aliphatic heterocycles. The molecule has 186 valence electrons. The number of fused-ring (bicyclic) bond motifs is 1. The Kier molecular flexibility index (Phi) is 6.79. The Morgan fingerprint density at radius 2 is 1.76 bits per heavy atom. The predicted molar refractivity (Wildman–Crippen MR) is 140 cm³/mol. The largest absolute Gasteiger partial charge is 0.413 e. The van der Waals surface area contributed by atoms with Crippen LogP contribution in [0, 0.1) is 5.92 Å². The van der Waals surface area contributed by atoms with Crippen LogP contribution in [0.2, 0.25) is 18.1 Å². The molecule has 1 aromatic heterocycles. The summed E-state index contributed by atoms with van der Waals surface area (Å²) in [5, 5.41) is 17.2. The second-order valence-corrected chi connectivity index (χ2v) is 16.9. The topological polar surface area (TPSA) is 92.2 Å². The van der Waals surface area contributed by atoms with Crippen LogP contribution in [0.3, 0.4) is 0 Å². The second-order valence-electron chi connectivity index (χ2n) is 12.2. The summed E-state index contributed by atoms with van der Waals surface area (Å²) in [6.07, 6.45) is 4.30. The highest BCUT2D eigenvalue weighted by Crippen LogP contribution is 2.45. The summed E-state index contributed by atoms with van der Waals surface area (Å²) < 4.78 is 6.67. The third-order valence-electron chi connectivity index (χ3n) is 8.10. The Balaban J connectivity index is 1.42. The summed E-state index contributed by atoms with van der Waals surface area (Å²) >= 11 is 0. The maximum absolute atomic E-state index is 10.0.